The largest absolute Gasteiger partial charge is 0.497 e. The predicted molar refractivity (Wildman–Crippen MR) is 132 cm³/mol. The summed E-state index contributed by atoms with van der Waals surface area (Å²) in [5.74, 6) is 2.50. The summed E-state index contributed by atoms with van der Waals surface area (Å²) in [5.41, 5.74) is 0.870. The molecule has 2 aliphatic heterocycles. The molecular formula is C24H35N5O4S. The molecule has 10 heteroatoms. The lowest BCUT2D eigenvalue weighted by Gasteiger charge is -2.28. The highest BCUT2D eigenvalue weighted by molar-refractivity contribution is 7.99. The Bertz CT molecular complexity index is 957. The Morgan fingerprint density at radius 3 is 2.74 bits per heavy atom. The highest BCUT2D eigenvalue weighted by Gasteiger charge is 2.25. The molecule has 1 aromatic carbocycles. The fourth-order valence-electron chi connectivity index (χ4n) is 4.54. The van der Waals surface area contributed by atoms with Crippen molar-refractivity contribution in [1.29, 1.82) is 0 Å². The van der Waals surface area contributed by atoms with Crippen LogP contribution in [0.4, 0.5) is 5.95 Å². The second kappa shape index (κ2) is 11.8. The van der Waals surface area contributed by atoms with Crippen molar-refractivity contribution in [3.63, 3.8) is 0 Å². The summed E-state index contributed by atoms with van der Waals surface area (Å²) in [5, 5.41) is 12.8. The van der Waals surface area contributed by atoms with E-state index in [9.17, 15) is 4.79 Å². The average Bonchev–Trinajstić information content (AvgIpc) is 3.53. The van der Waals surface area contributed by atoms with E-state index < -0.39 is 0 Å². The Balaban J connectivity index is 1.42. The third kappa shape index (κ3) is 5.96. The van der Waals surface area contributed by atoms with Crippen LogP contribution in [-0.4, -0.2) is 66.4 Å². The minimum absolute atomic E-state index is 0.0754. The molecule has 2 atom stereocenters. The number of nitrogens with one attached hydrogen (secondary N) is 1. The number of ether oxygens (including phenoxy) is 3. The van der Waals surface area contributed by atoms with E-state index in [4.69, 9.17) is 14.2 Å². The monoisotopic (exact) mass is 489 g/mol. The highest BCUT2D eigenvalue weighted by atomic mass is 32.2. The lowest BCUT2D eigenvalue weighted by molar-refractivity contribution is -0.119. The number of thioether (sulfide) groups is 1. The number of benzene rings is 1. The minimum atomic E-state index is -0.230. The van der Waals surface area contributed by atoms with E-state index in [-0.39, 0.29) is 23.8 Å². The summed E-state index contributed by atoms with van der Waals surface area (Å²) >= 11 is 1.42. The van der Waals surface area contributed by atoms with Gasteiger partial charge < -0.3 is 24.4 Å². The zero-order chi connectivity index (χ0) is 23.9. The SMILES string of the molecule is COc1ccc(OC)c([C@H](C)NC(=O)CSc2nnc(N3CCCCC3)n2C[C@H]2CCCO2)c1. The molecule has 2 aromatic rings. The van der Waals surface area contributed by atoms with Crippen molar-refractivity contribution in [3.8, 4) is 11.5 Å². The van der Waals surface area contributed by atoms with Gasteiger partial charge in [0, 0.05) is 25.3 Å². The maximum absolute atomic E-state index is 12.8. The number of carbonyl (C=O) groups is 1. The van der Waals surface area contributed by atoms with Crippen molar-refractivity contribution in [3.05, 3.63) is 23.8 Å². The second-order valence-electron chi connectivity index (χ2n) is 8.76. The van der Waals surface area contributed by atoms with Crippen LogP contribution in [0, 0.1) is 0 Å². The summed E-state index contributed by atoms with van der Waals surface area (Å²) in [7, 11) is 3.24. The summed E-state index contributed by atoms with van der Waals surface area (Å²) in [6, 6.07) is 5.35. The zero-order valence-electron chi connectivity index (χ0n) is 20.3. The van der Waals surface area contributed by atoms with Gasteiger partial charge in [-0.25, -0.2) is 0 Å². The standard InChI is InChI=1S/C24H35N5O4S/c1-17(20-14-18(31-2)9-10-21(20)32-3)25-22(30)16-34-24-27-26-23(28-11-5-4-6-12-28)29(24)15-19-8-7-13-33-19/h9-10,14,17,19H,4-8,11-13,15-16H2,1-3H3,(H,25,30)/t17-,19+/m0/s1. The van der Waals surface area contributed by atoms with Gasteiger partial charge in [-0.2, -0.15) is 0 Å². The van der Waals surface area contributed by atoms with Crippen molar-refractivity contribution in [2.75, 3.05) is 44.6 Å². The summed E-state index contributed by atoms with van der Waals surface area (Å²) < 4.78 is 18.8. The zero-order valence-corrected chi connectivity index (χ0v) is 21.1. The van der Waals surface area contributed by atoms with Crippen LogP contribution >= 0.6 is 11.8 Å². The van der Waals surface area contributed by atoms with Gasteiger partial charge in [-0.1, -0.05) is 11.8 Å². The number of aromatic nitrogens is 3. The van der Waals surface area contributed by atoms with Crippen LogP contribution < -0.4 is 19.7 Å². The maximum atomic E-state index is 12.8. The van der Waals surface area contributed by atoms with E-state index in [0.717, 1.165) is 61.5 Å². The van der Waals surface area contributed by atoms with E-state index in [2.05, 4.69) is 25.0 Å². The van der Waals surface area contributed by atoms with Crippen LogP contribution in [0.2, 0.25) is 0 Å². The first-order chi connectivity index (χ1) is 16.6. The van der Waals surface area contributed by atoms with Gasteiger partial charge in [-0.05, 0) is 57.2 Å². The molecule has 1 N–H and O–H groups in total. The topological polar surface area (TPSA) is 90.7 Å². The van der Waals surface area contributed by atoms with Crippen LogP contribution in [0.15, 0.2) is 23.4 Å². The van der Waals surface area contributed by atoms with Crippen molar-refractivity contribution in [2.24, 2.45) is 0 Å². The molecule has 0 aliphatic carbocycles. The normalized spacial score (nSPS) is 19.1. The molecule has 0 saturated carbocycles. The first kappa shape index (κ1) is 24.7. The molecule has 34 heavy (non-hydrogen) atoms. The van der Waals surface area contributed by atoms with Crippen molar-refractivity contribution in [1.82, 2.24) is 20.1 Å². The van der Waals surface area contributed by atoms with E-state index in [1.54, 1.807) is 14.2 Å². The van der Waals surface area contributed by atoms with E-state index in [1.165, 1.54) is 31.0 Å². The number of amides is 1. The molecule has 9 nitrogen and oxygen atoms in total. The van der Waals surface area contributed by atoms with E-state index >= 15 is 0 Å². The molecule has 0 unspecified atom stereocenters. The number of nitrogens with zero attached hydrogens (tertiary/aromatic N) is 4. The third-order valence-corrected chi connectivity index (χ3v) is 7.33. The molecule has 1 amide bonds. The first-order valence-corrected chi connectivity index (χ1v) is 13.0. The average molecular weight is 490 g/mol. The minimum Gasteiger partial charge on any atom is -0.497 e. The highest BCUT2D eigenvalue weighted by Crippen LogP contribution is 2.30. The number of anilines is 1. The molecule has 0 bridgehead atoms. The first-order valence-electron chi connectivity index (χ1n) is 12.0. The van der Waals surface area contributed by atoms with E-state index in [1.807, 2.05) is 25.1 Å². The van der Waals surface area contributed by atoms with Gasteiger partial charge in [0.1, 0.15) is 11.5 Å². The number of methoxy groups -OCH3 is 2. The number of carbonyl (C=O) groups excluding carboxylic acids is 1. The molecule has 0 radical (unpaired) electrons. The van der Waals surface area contributed by atoms with Crippen LogP contribution in [-0.2, 0) is 16.1 Å². The van der Waals surface area contributed by atoms with Crippen molar-refractivity contribution in [2.45, 2.75) is 62.9 Å². The van der Waals surface area contributed by atoms with E-state index in [0.29, 0.717) is 5.75 Å². The number of hydrogen-bond acceptors (Lipinski definition) is 8. The fourth-order valence-corrected chi connectivity index (χ4v) is 5.29. The summed E-state index contributed by atoms with van der Waals surface area (Å²) in [6.45, 7) is 5.46. The van der Waals surface area contributed by atoms with Crippen molar-refractivity contribution >= 4 is 23.6 Å². The van der Waals surface area contributed by atoms with Crippen LogP contribution in [0.25, 0.3) is 0 Å². The molecule has 0 spiro atoms. The Labute approximate surface area is 205 Å². The fraction of sp³-hybridized carbons (Fsp3) is 0.625. The molecular weight excluding hydrogens is 454 g/mol. The van der Waals surface area contributed by atoms with Gasteiger partial charge in [0.15, 0.2) is 5.16 Å². The van der Waals surface area contributed by atoms with Crippen LogP contribution in [0.1, 0.15) is 50.6 Å². The van der Waals surface area contributed by atoms with Crippen LogP contribution in [0.3, 0.4) is 0 Å². The summed E-state index contributed by atoms with van der Waals surface area (Å²) in [6.07, 6.45) is 5.90. The second-order valence-corrected chi connectivity index (χ2v) is 9.70. The number of piperidine rings is 1. The maximum Gasteiger partial charge on any atom is 0.230 e. The molecule has 2 fully saturated rings. The molecule has 4 rings (SSSR count). The number of rotatable bonds is 10. The van der Waals surface area contributed by atoms with Gasteiger partial charge in [0.2, 0.25) is 11.9 Å². The lowest BCUT2D eigenvalue weighted by Crippen LogP contribution is -2.33. The third-order valence-electron chi connectivity index (χ3n) is 6.36. The van der Waals surface area contributed by atoms with Gasteiger partial charge in [-0.3, -0.25) is 9.36 Å². The van der Waals surface area contributed by atoms with Crippen LogP contribution in [0.5, 0.6) is 11.5 Å². The Morgan fingerprint density at radius 1 is 1.21 bits per heavy atom. The Hall–Kier alpha value is -2.46. The molecule has 2 aliphatic rings. The van der Waals surface area contributed by atoms with Gasteiger partial charge >= 0.3 is 0 Å². The molecule has 1 aromatic heterocycles. The predicted octanol–water partition coefficient (Wildman–Crippen LogP) is 3.43. The molecule has 2 saturated heterocycles. The Morgan fingerprint density at radius 2 is 2.03 bits per heavy atom. The smallest absolute Gasteiger partial charge is 0.230 e. The molecule has 186 valence electrons. The van der Waals surface area contributed by atoms with Gasteiger partial charge in [0.25, 0.3) is 0 Å². The number of hydrogen-bond donors (Lipinski definition) is 1. The van der Waals surface area contributed by atoms with Crippen molar-refractivity contribution < 1.29 is 19.0 Å². The summed E-state index contributed by atoms with van der Waals surface area (Å²) in [4.78, 5) is 15.1. The lowest BCUT2D eigenvalue weighted by atomic mass is 10.1. The quantitative estimate of drug-likeness (QED) is 0.508. The molecule has 3 heterocycles. The van der Waals surface area contributed by atoms with Gasteiger partial charge in [-0.15, -0.1) is 10.2 Å². The van der Waals surface area contributed by atoms with Gasteiger partial charge in [0.05, 0.1) is 38.7 Å². The Kier molecular flexibility index (Phi) is 8.55.